The molecule has 0 aliphatic heterocycles. The lowest BCUT2D eigenvalue weighted by Crippen LogP contribution is -2.28. The molecular formula is C19H24N4O2. The van der Waals surface area contributed by atoms with Crippen LogP contribution in [-0.2, 0) is 17.8 Å². The summed E-state index contributed by atoms with van der Waals surface area (Å²) in [5, 5.41) is 4.16. The van der Waals surface area contributed by atoms with Crippen molar-refractivity contribution in [2.24, 2.45) is 0 Å². The summed E-state index contributed by atoms with van der Waals surface area (Å²) in [6, 6.07) is 8.19. The quantitative estimate of drug-likeness (QED) is 0.643. The maximum absolute atomic E-state index is 12.1. The number of H-pyrrole nitrogens is 2. The number of hydrogen-bond acceptors (Lipinski definition) is 2. The Morgan fingerprint density at radius 2 is 1.88 bits per heavy atom. The fourth-order valence-electron chi connectivity index (χ4n) is 3.23. The Morgan fingerprint density at radius 3 is 2.60 bits per heavy atom. The van der Waals surface area contributed by atoms with E-state index in [1.807, 2.05) is 26.0 Å². The molecule has 6 heteroatoms. The van der Waals surface area contributed by atoms with Gasteiger partial charge in [-0.1, -0.05) is 18.2 Å². The molecule has 0 unspecified atom stereocenters. The van der Waals surface area contributed by atoms with Gasteiger partial charge in [-0.25, -0.2) is 4.79 Å². The van der Waals surface area contributed by atoms with Gasteiger partial charge in [-0.3, -0.25) is 9.36 Å². The zero-order valence-electron chi connectivity index (χ0n) is 14.9. The van der Waals surface area contributed by atoms with Crippen LogP contribution >= 0.6 is 0 Å². The summed E-state index contributed by atoms with van der Waals surface area (Å²) in [6.07, 6.45) is 1.08. The molecule has 0 saturated carbocycles. The van der Waals surface area contributed by atoms with E-state index in [0.717, 1.165) is 29.0 Å². The van der Waals surface area contributed by atoms with E-state index in [4.69, 9.17) is 0 Å². The van der Waals surface area contributed by atoms with Crippen LogP contribution in [0.5, 0.6) is 0 Å². The maximum Gasteiger partial charge on any atom is 0.325 e. The average Bonchev–Trinajstić information content (AvgIpc) is 3.02. The van der Waals surface area contributed by atoms with Gasteiger partial charge in [0.05, 0.1) is 0 Å². The van der Waals surface area contributed by atoms with Crippen LogP contribution in [-0.4, -0.2) is 27.0 Å². The molecule has 0 bridgehead atoms. The van der Waals surface area contributed by atoms with Crippen molar-refractivity contribution in [2.45, 2.75) is 40.2 Å². The van der Waals surface area contributed by atoms with Gasteiger partial charge >= 0.3 is 5.69 Å². The fraction of sp³-hybridized carbons (Fsp3) is 0.368. The van der Waals surface area contributed by atoms with Gasteiger partial charge in [0.1, 0.15) is 0 Å². The SMILES string of the molecule is Cc1[nH]c2ccccc2c1CCNC(=O)CCn1c(C)c(C)[nH]c1=O. The van der Waals surface area contributed by atoms with Crippen LogP contribution in [0, 0.1) is 20.8 Å². The molecule has 0 atom stereocenters. The molecule has 3 aromatic rings. The Labute approximate surface area is 146 Å². The molecule has 6 nitrogen and oxygen atoms in total. The van der Waals surface area contributed by atoms with Crippen molar-refractivity contribution < 1.29 is 4.79 Å². The molecule has 0 aliphatic rings. The number of nitrogens with zero attached hydrogens (tertiary/aromatic N) is 1. The van der Waals surface area contributed by atoms with Gasteiger partial charge in [0.25, 0.3) is 0 Å². The van der Waals surface area contributed by atoms with E-state index in [1.165, 1.54) is 10.9 Å². The van der Waals surface area contributed by atoms with E-state index < -0.39 is 0 Å². The molecule has 132 valence electrons. The van der Waals surface area contributed by atoms with Crippen molar-refractivity contribution in [3.8, 4) is 0 Å². The van der Waals surface area contributed by atoms with E-state index in [-0.39, 0.29) is 11.6 Å². The Hall–Kier alpha value is -2.76. The summed E-state index contributed by atoms with van der Waals surface area (Å²) in [5.74, 6) is -0.0392. The molecule has 0 saturated heterocycles. The van der Waals surface area contributed by atoms with Crippen LogP contribution in [0.1, 0.15) is 29.1 Å². The van der Waals surface area contributed by atoms with Gasteiger partial charge in [-0.05, 0) is 38.8 Å². The first-order valence-electron chi connectivity index (χ1n) is 8.56. The second-order valence-electron chi connectivity index (χ2n) is 6.42. The van der Waals surface area contributed by atoms with Crippen LogP contribution in [0.15, 0.2) is 29.1 Å². The number of hydrogen-bond donors (Lipinski definition) is 3. The third-order valence-electron chi connectivity index (χ3n) is 4.77. The predicted molar refractivity (Wildman–Crippen MR) is 98.9 cm³/mol. The minimum atomic E-state index is -0.155. The first-order chi connectivity index (χ1) is 12.0. The summed E-state index contributed by atoms with van der Waals surface area (Å²) in [4.78, 5) is 30.0. The molecular weight excluding hydrogens is 316 g/mol. The fourth-order valence-corrected chi connectivity index (χ4v) is 3.23. The molecule has 0 radical (unpaired) electrons. The van der Waals surface area contributed by atoms with Gasteiger partial charge in [0.2, 0.25) is 5.91 Å². The number of aromatic nitrogens is 3. The molecule has 3 rings (SSSR count). The van der Waals surface area contributed by atoms with Crippen molar-refractivity contribution in [1.29, 1.82) is 0 Å². The number of para-hydroxylation sites is 1. The van der Waals surface area contributed by atoms with E-state index in [1.54, 1.807) is 4.57 Å². The Kier molecular flexibility index (Phi) is 4.79. The van der Waals surface area contributed by atoms with Gasteiger partial charge in [-0.15, -0.1) is 0 Å². The monoisotopic (exact) mass is 340 g/mol. The Morgan fingerprint density at radius 1 is 1.12 bits per heavy atom. The highest BCUT2D eigenvalue weighted by atomic mass is 16.2. The van der Waals surface area contributed by atoms with E-state index >= 15 is 0 Å². The third kappa shape index (κ3) is 3.52. The second kappa shape index (κ2) is 7.01. The lowest BCUT2D eigenvalue weighted by molar-refractivity contribution is -0.121. The molecule has 0 spiro atoms. The molecule has 1 amide bonds. The first-order valence-corrected chi connectivity index (χ1v) is 8.56. The van der Waals surface area contributed by atoms with Crippen molar-refractivity contribution in [1.82, 2.24) is 19.9 Å². The lowest BCUT2D eigenvalue weighted by Gasteiger charge is -2.07. The number of nitrogens with one attached hydrogen (secondary N) is 3. The smallest absolute Gasteiger partial charge is 0.325 e. The standard InChI is InChI=1S/C19H24N4O2/c1-12-14(3)23(19(25)22-12)11-9-18(24)20-10-8-15-13(2)21-17-7-5-4-6-16(15)17/h4-7,21H,8-11H2,1-3H3,(H,20,24)(H,22,25). The molecule has 0 fully saturated rings. The molecule has 0 aliphatic carbocycles. The number of benzene rings is 1. The third-order valence-corrected chi connectivity index (χ3v) is 4.77. The Bertz CT molecular complexity index is 962. The van der Waals surface area contributed by atoms with Gasteiger partial charge in [0.15, 0.2) is 0 Å². The van der Waals surface area contributed by atoms with Crippen molar-refractivity contribution in [2.75, 3.05) is 6.54 Å². The van der Waals surface area contributed by atoms with Gasteiger partial charge in [-0.2, -0.15) is 0 Å². The largest absolute Gasteiger partial charge is 0.358 e. The summed E-state index contributed by atoms with van der Waals surface area (Å²) < 4.78 is 1.61. The molecule has 25 heavy (non-hydrogen) atoms. The summed E-state index contributed by atoms with van der Waals surface area (Å²) in [7, 11) is 0. The minimum absolute atomic E-state index is 0.0392. The van der Waals surface area contributed by atoms with Gasteiger partial charge < -0.3 is 15.3 Å². The Balaban J connectivity index is 1.54. The summed E-state index contributed by atoms with van der Waals surface area (Å²) >= 11 is 0. The highest BCUT2D eigenvalue weighted by Gasteiger charge is 2.10. The summed E-state index contributed by atoms with van der Waals surface area (Å²) in [5.41, 5.74) is 5.08. The normalized spacial score (nSPS) is 11.2. The highest BCUT2D eigenvalue weighted by Crippen LogP contribution is 2.21. The molecule has 2 heterocycles. The summed E-state index contributed by atoms with van der Waals surface area (Å²) in [6.45, 7) is 6.77. The van der Waals surface area contributed by atoms with Gasteiger partial charge in [0, 0.05) is 47.5 Å². The zero-order chi connectivity index (χ0) is 18.0. The van der Waals surface area contributed by atoms with Crippen LogP contribution < -0.4 is 11.0 Å². The average molecular weight is 340 g/mol. The van der Waals surface area contributed by atoms with Crippen LogP contribution in [0.2, 0.25) is 0 Å². The number of amides is 1. The van der Waals surface area contributed by atoms with E-state index in [0.29, 0.717) is 19.5 Å². The topological polar surface area (TPSA) is 82.7 Å². The second-order valence-corrected chi connectivity index (χ2v) is 6.42. The number of aromatic amines is 2. The number of carbonyl (C=O) groups is 1. The van der Waals surface area contributed by atoms with Crippen LogP contribution in [0.25, 0.3) is 10.9 Å². The van der Waals surface area contributed by atoms with E-state index in [2.05, 4.69) is 34.3 Å². The molecule has 3 N–H and O–H groups in total. The maximum atomic E-state index is 12.1. The molecule has 2 aromatic heterocycles. The number of carbonyl (C=O) groups excluding carboxylic acids is 1. The lowest BCUT2D eigenvalue weighted by atomic mass is 10.1. The number of fused-ring (bicyclic) bond motifs is 1. The van der Waals surface area contributed by atoms with E-state index in [9.17, 15) is 9.59 Å². The predicted octanol–water partition coefficient (Wildman–Crippen LogP) is 2.33. The highest BCUT2D eigenvalue weighted by molar-refractivity contribution is 5.84. The first kappa shape index (κ1) is 17.1. The van der Waals surface area contributed by atoms with Crippen LogP contribution in [0.3, 0.4) is 0 Å². The van der Waals surface area contributed by atoms with Crippen molar-refractivity contribution in [3.63, 3.8) is 0 Å². The minimum Gasteiger partial charge on any atom is -0.358 e. The number of aryl methyl sites for hydroxylation is 2. The van der Waals surface area contributed by atoms with Crippen molar-refractivity contribution >= 4 is 16.8 Å². The zero-order valence-corrected chi connectivity index (χ0v) is 14.9. The molecule has 1 aromatic carbocycles. The van der Waals surface area contributed by atoms with Crippen molar-refractivity contribution in [3.05, 3.63) is 57.4 Å². The number of imidazole rings is 1. The van der Waals surface area contributed by atoms with Crippen LogP contribution in [0.4, 0.5) is 0 Å². The number of rotatable bonds is 6.